The van der Waals surface area contributed by atoms with Crippen molar-refractivity contribution in [2.75, 3.05) is 13.1 Å². The van der Waals surface area contributed by atoms with Crippen LogP contribution in [0.3, 0.4) is 0 Å². The van der Waals surface area contributed by atoms with E-state index < -0.39 is 0 Å². The van der Waals surface area contributed by atoms with Crippen LogP contribution in [0.2, 0.25) is 0 Å². The Morgan fingerprint density at radius 1 is 1.38 bits per heavy atom. The first-order valence-electron chi connectivity index (χ1n) is 7.94. The van der Waals surface area contributed by atoms with E-state index in [2.05, 4.69) is 42.9 Å². The van der Waals surface area contributed by atoms with E-state index in [0.717, 1.165) is 30.1 Å². The van der Waals surface area contributed by atoms with Crippen LogP contribution < -0.4 is 0 Å². The Balaban J connectivity index is 1.85. The van der Waals surface area contributed by atoms with Gasteiger partial charge >= 0.3 is 0 Å². The lowest BCUT2D eigenvalue weighted by molar-refractivity contribution is 0.208. The first kappa shape index (κ1) is 14.2. The van der Waals surface area contributed by atoms with Gasteiger partial charge in [-0.1, -0.05) is 13.8 Å². The van der Waals surface area contributed by atoms with Crippen LogP contribution in [0.4, 0.5) is 0 Å². The van der Waals surface area contributed by atoms with Crippen molar-refractivity contribution in [3.63, 3.8) is 0 Å². The van der Waals surface area contributed by atoms with Crippen LogP contribution in [0.5, 0.6) is 0 Å². The Morgan fingerprint density at radius 3 is 2.81 bits per heavy atom. The molecule has 1 heterocycles. The zero-order chi connectivity index (χ0) is 15.0. The van der Waals surface area contributed by atoms with Gasteiger partial charge in [0, 0.05) is 23.1 Å². The van der Waals surface area contributed by atoms with Crippen molar-refractivity contribution in [2.24, 2.45) is 5.92 Å². The molecule has 3 atom stereocenters. The number of hydrogen-bond acceptors (Lipinski definition) is 2. The van der Waals surface area contributed by atoms with Crippen LogP contribution in [0.1, 0.15) is 44.2 Å². The molecule has 2 aromatic rings. The minimum atomic E-state index is 0.633. The molecule has 0 amide bonds. The third-order valence-electron chi connectivity index (χ3n) is 5.09. The maximum atomic E-state index is 9.09. The predicted octanol–water partition coefficient (Wildman–Crippen LogP) is 3.87. The second-order valence-electron chi connectivity index (χ2n) is 6.08. The summed E-state index contributed by atoms with van der Waals surface area (Å²) in [6.45, 7) is 9.07. The molecule has 110 valence electrons. The smallest absolute Gasteiger partial charge is 0.0991 e. The fraction of sp³-hybridized carbons (Fsp3) is 0.500. The van der Waals surface area contributed by atoms with Crippen molar-refractivity contribution in [2.45, 2.75) is 39.2 Å². The normalized spacial score (nSPS) is 22.4. The van der Waals surface area contributed by atoms with Gasteiger partial charge in [0.25, 0.3) is 0 Å². The first-order chi connectivity index (χ1) is 10.2. The second-order valence-corrected chi connectivity index (χ2v) is 6.08. The van der Waals surface area contributed by atoms with E-state index in [1.807, 2.05) is 18.2 Å². The number of aromatic nitrogens is 1. The molecule has 3 rings (SSSR count). The van der Waals surface area contributed by atoms with Crippen LogP contribution in [0.15, 0.2) is 24.4 Å². The van der Waals surface area contributed by atoms with E-state index in [4.69, 9.17) is 5.26 Å². The summed E-state index contributed by atoms with van der Waals surface area (Å²) in [7, 11) is 0. The summed E-state index contributed by atoms with van der Waals surface area (Å²) in [6, 6.07) is 8.80. The summed E-state index contributed by atoms with van der Waals surface area (Å²) in [5.41, 5.74) is 3.29. The van der Waals surface area contributed by atoms with E-state index in [1.54, 1.807) is 0 Å². The quantitative estimate of drug-likeness (QED) is 0.904. The van der Waals surface area contributed by atoms with Crippen molar-refractivity contribution < 1.29 is 0 Å². The minimum absolute atomic E-state index is 0.633. The van der Waals surface area contributed by atoms with Gasteiger partial charge in [0.05, 0.1) is 11.6 Å². The number of nitrogens with one attached hydrogen (secondary N) is 1. The standard InChI is InChI=1S/C18H23N3/c1-4-21(5-2)12(3)14-9-15(14)17-11-20-18-7-6-13(10-19)8-16(17)18/h6-8,11-12,14-15,20H,4-5,9H2,1-3H3/t12?,14-,15+/m0/s1. The molecule has 1 N–H and O–H groups in total. The largest absolute Gasteiger partial charge is 0.361 e. The van der Waals surface area contributed by atoms with Crippen molar-refractivity contribution in [1.82, 2.24) is 9.88 Å². The molecule has 3 heteroatoms. The fourth-order valence-electron chi connectivity index (χ4n) is 3.69. The van der Waals surface area contributed by atoms with Crippen molar-refractivity contribution in [1.29, 1.82) is 5.26 Å². The molecule has 1 aliphatic carbocycles. The fourth-order valence-corrected chi connectivity index (χ4v) is 3.69. The molecule has 1 saturated carbocycles. The molecule has 1 aromatic heterocycles. The summed E-state index contributed by atoms with van der Waals surface area (Å²) >= 11 is 0. The molecule has 3 nitrogen and oxygen atoms in total. The molecule has 0 saturated heterocycles. The number of fused-ring (bicyclic) bond motifs is 1. The number of aromatic amines is 1. The molecule has 1 unspecified atom stereocenters. The summed E-state index contributed by atoms with van der Waals surface area (Å²) in [6.07, 6.45) is 3.41. The van der Waals surface area contributed by atoms with Crippen molar-refractivity contribution in [3.05, 3.63) is 35.5 Å². The number of nitrogens with zero attached hydrogens (tertiary/aromatic N) is 2. The molecule has 1 aliphatic rings. The highest BCUT2D eigenvalue weighted by Crippen LogP contribution is 2.52. The zero-order valence-corrected chi connectivity index (χ0v) is 13.1. The average molecular weight is 281 g/mol. The lowest BCUT2D eigenvalue weighted by Crippen LogP contribution is -2.34. The molecule has 0 spiro atoms. The summed E-state index contributed by atoms with van der Waals surface area (Å²) in [5.74, 6) is 1.39. The third kappa shape index (κ3) is 2.45. The summed E-state index contributed by atoms with van der Waals surface area (Å²) in [4.78, 5) is 5.90. The Morgan fingerprint density at radius 2 is 2.14 bits per heavy atom. The third-order valence-corrected chi connectivity index (χ3v) is 5.09. The highest BCUT2D eigenvalue weighted by Gasteiger charge is 2.44. The first-order valence-corrected chi connectivity index (χ1v) is 7.94. The van der Waals surface area contributed by atoms with Crippen LogP contribution in [-0.2, 0) is 0 Å². The molecule has 0 aliphatic heterocycles. The second kappa shape index (κ2) is 5.54. The van der Waals surface area contributed by atoms with E-state index in [1.165, 1.54) is 17.4 Å². The van der Waals surface area contributed by atoms with E-state index in [9.17, 15) is 0 Å². The Hall–Kier alpha value is -1.79. The highest BCUT2D eigenvalue weighted by atomic mass is 15.1. The van der Waals surface area contributed by atoms with Gasteiger partial charge in [-0.25, -0.2) is 0 Å². The van der Waals surface area contributed by atoms with Gasteiger partial charge in [0.1, 0.15) is 0 Å². The minimum Gasteiger partial charge on any atom is -0.361 e. The zero-order valence-electron chi connectivity index (χ0n) is 13.1. The number of hydrogen-bond donors (Lipinski definition) is 1. The lowest BCUT2D eigenvalue weighted by atomic mass is 10.0. The number of benzene rings is 1. The molecular formula is C18H23N3. The summed E-state index contributed by atoms with van der Waals surface area (Å²) < 4.78 is 0. The molecule has 1 aromatic carbocycles. The molecule has 1 fully saturated rings. The number of H-pyrrole nitrogens is 1. The Bertz CT molecular complexity index is 675. The van der Waals surface area contributed by atoms with Gasteiger partial charge < -0.3 is 9.88 Å². The molecule has 21 heavy (non-hydrogen) atoms. The van der Waals surface area contributed by atoms with Crippen molar-refractivity contribution in [3.8, 4) is 6.07 Å². The molecule has 0 bridgehead atoms. The highest BCUT2D eigenvalue weighted by molar-refractivity contribution is 5.85. The van der Waals surface area contributed by atoms with Gasteiger partial charge in [-0.3, -0.25) is 0 Å². The molecular weight excluding hydrogens is 258 g/mol. The Labute approximate surface area is 126 Å². The van der Waals surface area contributed by atoms with Gasteiger partial charge in [-0.15, -0.1) is 0 Å². The number of rotatable bonds is 5. The number of nitriles is 1. The maximum Gasteiger partial charge on any atom is 0.0991 e. The van der Waals surface area contributed by atoms with E-state index >= 15 is 0 Å². The van der Waals surface area contributed by atoms with Crippen LogP contribution >= 0.6 is 0 Å². The monoisotopic (exact) mass is 281 g/mol. The van der Waals surface area contributed by atoms with Gasteiger partial charge in [-0.2, -0.15) is 5.26 Å². The van der Waals surface area contributed by atoms with E-state index in [-0.39, 0.29) is 0 Å². The summed E-state index contributed by atoms with van der Waals surface area (Å²) in [5, 5.41) is 10.3. The Kier molecular flexibility index (Phi) is 3.73. The van der Waals surface area contributed by atoms with Gasteiger partial charge in [0.15, 0.2) is 0 Å². The molecule has 0 radical (unpaired) electrons. The maximum absolute atomic E-state index is 9.09. The SMILES string of the molecule is CCN(CC)C(C)[C@@H]1C[C@H]1c1c[nH]c2ccc(C#N)cc12. The van der Waals surface area contributed by atoms with Gasteiger partial charge in [0.2, 0.25) is 0 Å². The van der Waals surface area contributed by atoms with Gasteiger partial charge in [-0.05, 0) is 62.0 Å². The van der Waals surface area contributed by atoms with Crippen LogP contribution in [-0.4, -0.2) is 29.0 Å². The van der Waals surface area contributed by atoms with Crippen LogP contribution in [0, 0.1) is 17.2 Å². The van der Waals surface area contributed by atoms with E-state index in [0.29, 0.717) is 12.0 Å². The lowest BCUT2D eigenvalue weighted by Gasteiger charge is -2.26. The average Bonchev–Trinajstić information content (AvgIpc) is 3.20. The van der Waals surface area contributed by atoms with Crippen molar-refractivity contribution >= 4 is 10.9 Å². The van der Waals surface area contributed by atoms with Crippen LogP contribution in [0.25, 0.3) is 10.9 Å². The topological polar surface area (TPSA) is 42.8 Å². The predicted molar refractivity (Wildman–Crippen MR) is 86.2 cm³/mol.